The summed E-state index contributed by atoms with van der Waals surface area (Å²) < 4.78 is 29.6. The largest absolute Gasteiger partial charge is 0.349 e. The molecule has 0 saturated carbocycles. The standard InChI is InChI=1S/C22H23N5O4S/c1-25(13-11-16-6-4-5-12-23-16)32(30,31)17-9-7-15(8-10-17)18-14-19-20(24-18)21(28)27(3)22(29)26(19)2/h4-10,12,14,24H,11,13H2,1-3H3. The molecule has 32 heavy (non-hydrogen) atoms. The average Bonchev–Trinajstić information content (AvgIpc) is 3.26. The van der Waals surface area contributed by atoms with Crippen LogP contribution in [0, 0.1) is 0 Å². The molecular weight excluding hydrogens is 430 g/mol. The summed E-state index contributed by atoms with van der Waals surface area (Å²) in [6, 6.07) is 13.7. The van der Waals surface area contributed by atoms with Crippen molar-refractivity contribution in [1.82, 2.24) is 23.4 Å². The number of likely N-dealkylation sites (N-methyl/N-ethyl adjacent to an activating group) is 1. The van der Waals surface area contributed by atoms with E-state index in [1.165, 1.54) is 28.1 Å². The molecule has 9 nitrogen and oxygen atoms in total. The Balaban J connectivity index is 1.60. The summed E-state index contributed by atoms with van der Waals surface area (Å²) in [4.78, 5) is 32.0. The van der Waals surface area contributed by atoms with Gasteiger partial charge in [-0.05, 0) is 35.9 Å². The summed E-state index contributed by atoms with van der Waals surface area (Å²) in [5, 5.41) is 0. The van der Waals surface area contributed by atoms with Crippen LogP contribution in [0.5, 0.6) is 0 Å². The van der Waals surface area contributed by atoms with Crippen molar-refractivity contribution in [2.24, 2.45) is 14.1 Å². The van der Waals surface area contributed by atoms with Gasteiger partial charge in [-0.2, -0.15) is 0 Å². The van der Waals surface area contributed by atoms with Gasteiger partial charge in [0.2, 0.25) is 10.0 Å². The van der Waals surface area contributed by atoms with E-state index in [0.717, 1.165) is 10.3 Å². The van der Waals surface area contributed by atoms with Gasteiger partial charge in [-0.25, -0.2) is 17.5 Å². The van der Waals surface area contributed by atoms with Crippen molar-refractivity contribution in [3.63, 3.8) is 0 Å². The molecule has 0 saturated heterocycles. The van der Waals surface area contributed by atoms with Crippen LogP contribution < -0.4 is 11.2 Å². The minimum atomic E-state index is -3.66. The number of sulfonamides is 1. The zero-order chi connectivity index (χ0) is 23.0. The number of rotatable bonds is 6. The molecule has 0 aliphatic heterocycles. The lowest BCUT2D eigenvalue weighted by Crippen LogP contribution is -2.36. The molecule has 0 unspecified atom stereocenters. The fourth-order valence-electron chi connectivity index (χ4n) is 3.53. The van der Waals surface area contributed by atoms with Crippen molar-refractivity contribution < 1.29 is 8.42 Å². The van der Waals surface area contributed by atoms with Crippen molar-refractivity contribution in [3.05, 3.63) is 81.3 Å². The summed E-state index contributed by atoms with van der Waals surface area (Å²) in [5.41, 5.74) is 2.11. The van der Waals surface area contributed by atoms with Crippen LogP contribution in [0.2, 0.25) is 0 Å². The molecule has 0 aliphatic carbocycles. The van der Waals surface area contributed by atoms with Crippen molar-refractivity contribution in [3.8, 4) is 11.3 Å². The number of benzene rings is 1. The van der Waals surface area contributed by atoms with Crippen LogP contribution in [-0.4, -0.2) is 45.4 Å². The van der Waals surface area contributed by atoms with Gasteiger partial charge >= 0.3 is 5.69 Å². The van der Waals surface area contributed by atoms with Crippen molar-refractivity contribution >= 4 is 21.1 Å². The second-order valence-electron chi connectivity index (χ2n) is 7.57. The zero-order valence-electron chi connectivity index (χ0n) is 17.9. The monoisotopic (exact) mass is 453 g/mol. The molecule has 0 aliphatic rings. The number of nitrogens with one attached hydrogen (secondary N) is 1. The highest BCUT2D eigenvalue weighted by Crippen LogP contribution is 2.24. The first-order chi connectivity index (χ1) is 15.2. The highest BCUT2D eigenvalue weighted by molar-refractivity contribution is 7.89. The van der Waals surface area contributed by atoms with E-state index in [1.807, 2.05) is 18.2 Å². The molecular formula is C22H23N5O4S. The Kier molecular flexibility index (Phi) is 5.57. The second kappa shape index (κ2) is 8.21. The van der Waals surface area contributed by atoms with Crippen LogP contribution in [0.1, 0.15) is 5.69 Å². The lowest BCUT2D eigenvalue weighted by molar-refractivity contribution is 0.471. The van der Waals surface area contributed by atoms with Gasteiger partial charge in [0, 0.05) is 51.7 Å². The normalized spacial score (nSPS) is 12.0. The minimum Gasteiger partial charge on any atom is -0.349 e. The van der Waals surface area contributed by atoms with E-state index in [-0.39, 0.29) is 4.90 Å². The zero-order valence-corrected chi connectivity index (χ0v) is 18.8. The second-order valence-corrected chi connectivity index (χ2v) is 9.62. The van der Waals surface area contributed by atoms with Gasteiger partial charge < -0.3 is 4.98 Å². The number of pyridine rings is 1. The maximum atomic E-state index is 12.9. The molecule has 4 aromatic rings. The Labute approximate surface area is 184 Å². The summed E-state index contributed by atoms with van der Waals surface area (Å²) in [6.45, 7) is 0.306. The van der Waals surface area contributed by atoms with Crippen molar-refractivity contribution in [2.45, 2.75) is 11.3 Å². The van der Waals surface area contributed by atoms with Gasteiger partial charge in [0.15, 0.2) is 0 Å². The summed E-state index contributed by atoms with van der Waals surface area (Å²) >= 11 is 0. The molecule has 0 spiro atoms. The molecule has 3 aromatic heterocycles. The molecule has 166 valence electrons. The van der Waals surface area contributed by atoms with Gasteiger partial charge in [0.25, 0.3) is 5.56 Å². The summed E-state index contributed by atoms with van der Waals surface area (Å²) in [7, 11) is 0.902. The molecule has 0 atom stereocenters. The fourth-order valence-corrected chi connectivity index (χ4v) is 4.71. The van der Waals surface area contributed by atoms with Gasteiger partial charge in [-0.1, -0.05) is 18.2 Å². The number of aryl methyl sites for hydroxylation is 1. The Morgan fingerprint density at radius 1 is 1.03 bits per heavy atom. The van der Waals surface area contributed by atoms with E-state index < -0.39 is 21.3 Å². The molecule has 0 fully saturated rings. The Morgan fingerprint density at radius 3 is 2.41 bits per heavy atom. The van der Waals surface area contributed by atoms with Crippen molar-refractivity contribution in [2.75, 3.05) is 13.6 Å². The molecule has 0 bridgehead atoms. The van der Waals surface area contributed by atoms with Crippen LogP contribution in [0.3, 0.4) is 0 Å². The van der Waals surface area contributed by atoms with Crippen LogP contribution in [0.4, 0.5) is 0 Å². The summed E-state index contributed by atoms with van der Waals surface area (Å²) in [5.74, 6) is 0. The topological polar surface area (TPSA) is 110 Å². The van der Waals surface area contributed by atoms with E-state index in [4.69, 9.17) is 0 Å². The van der Waals surface area contributed by atoms with Gasteiger partial charge in [0.05, 0.1) is 10.4 Å². The number of aromatic amines is 1. The minimum absolute atomic E-state index is 0.171. The van der Waals surface area contributed by atoms with Crippen LogP contribution >= 0.6 is 0 Å². The van der Waals surface area contributed by atoms with Crippen LogP contribution in [0.25, 0.3) is 22.3 Å². The molecule has 4 rings (SSSR count). The van der Waals surface area contributed by atoms with E-state index >= 15 is 0 Å². The molecule has 3 heterocycles. The predicted octanol–water partition coefficient (Wildman–Crippen LogP) is 1.49. The number of hydrogen-bond donors (Lipinski definition) is 1. The molecule has 1 aromatic carbocycles. The molecule has 0 radical (unpaired) electrons. The first-order valence-electron chi connectivity index (χ1n) is 9.95. The van der Waals surface area contributed by atoms with Crippen LogP contribution in [0.15, 0.2) is 69.2 Å². The number of nitrogens with zero attached hydrogens (tertiary/aromatic N) is 4. The highest BCUT2D eigenvalue weighted by Gasteiger charge is 2.21. The van der Waals surface area contributed by atoms with Crippen LogP contribution in [-0.2, 0) is 30.5 Å². The third kappa shape index (κ3) is 3.78. The van der Waals surface area contributed by atoms with Gasteiger partial charge in [-0.3, -0.25) is 18.9 Å². The van der Waals surface area contributed by atoms with Gasteiger partial charge in [0.1, 0.15) is 5.52 Å². The molecule has 10 heteroatoms. The van der Waals surface area contributed by atoms with E-state index in [2.05, 4.69) is 9.97 Å². The predicted molar refractivity (Wildman–Crippen MR) is 122 cm³/mol. The lowest BCUT2D eigenvalue weighted by atomic mass is 10.1. The first kappa shape index (κ1) is 21.7. The number of hydrogen-bond acceptors (Lipinski definition) is 5. The number of H-pyrrole nitrogens is 1. The quantitative estimate of drug-likeness (QED) is 0.476. The SMILES string of the molecule is CN(CCc1ccccn1)S(=O)(=O)c1ccc(-c2cc3c([nH]2)c(=O)n(C)c(=O)n3C)cc1. The highest BCUT2D eigenvalue weighted by atomic mass is 32.2. The molecule has 0 amide bonds. The lowest BCUT2D eigenvalue weighted by Gasteiger charge is -2.17. The first-order valence-corrected chi connectivity index (χ1v) is 11.4. The summed E-state index contributed by atoms with van der Waals surface area (Å²) in [6.07, 6.45) is 2.19. The average molecular weight is 454 g/mol. The third-order valence-corrected chi connectivity index (χ3v) is 7.40. The smallest absolute Gasteiger partial charge is 0.331 e. The third-order valence-electron chi connectivity index (χ3n) is 5.53. The maximum absolute atomic E-state index is 12.9. The van der Waals surface area contributed by atoms with E-state index in [0.29, 0.717) is 35.3 Å². The van der Waals surface area contributed by atoms with Crippen molar-refractivity contribution in [1.29, 1.82) is 0 Å². The van der Waals surface area contributed by atoms with E-state index in [1.54, 1.807) is 38.5 Å². The Bertz CT molecular complexity index is 1500. The number of aromatic nitrogens is 4. The van der Waals surface area contributed by atoms with E-state index in [9.17, 15) is 18.0 Å². The Hall–Kier alpha value is -3.50. The van der Waals surface area contributed by atoms with Gasteiger partial charge in [-0.15, -0.1) is 0 Å². The number of fused-ring (bicyclic) bond motifs is 1. The maximum Gasteiger partial charge on any atom is 0.331 e. The Morgan fingerprint density at radius 2 is 1.75 bits per heavy atom. The fraction of sp³-hybridized carbons (Fsp3) is 0.227. The molecule has 1 N–H and O–H groups in total.